The molecule has 0 unspecified atom stereocenters. The van der Waals surface area contributed by atoms with E-state index in [1.54, 1.807) is 42.5 Å². The van der Waals surface area contributed by atoms with Gasteiger partial charge in [0.05, 0.1) is 17.4 Å². The predicted octanol–water partition coefficient (Wildman–Crippen LogP) is 2.33. The van der Waals surface area contributed by atoms with Crippen LogP contribution >= 0.6 is 0 Å². The van der Waals surface area contributed by atoms with Gasteiger partial charge >= 0.3 is 11.9 Å². The van der Waals surface area contributed by atoms with E-state index in [9.17, 15) is 14.7 Å². The first-order chi connectivity index (χ1) is 11.1. The van der Waals surface area contributed by atoms with Crippen molar-refractivity contribution in [1.29, 1.82) is 0 Å². The molecule has 114 valence electrons. The van der Waals surface area contributed by atoms with Crippen molar-refractivity contribution in [2.75, 3.05) is 0 Å². The number of carbonyl (C=O) groups is 2. The van der Waals surface area contributed by atoms with Crippen LogP contribution in [0.15, 0.2) is 54.7 Å². The fourth-order valence-corrected chi connectivity index (χ4v) is 2.28. The molecule has 3 aromatic rings. The van der Waals surface area contributed by atoms with E-state index in [0.29, 0.717) is 16.8 Å². The maximum atomic E-state index is 11.3. The van der Waals surface area contributed by atoms with Gasteiger partial charge in [0, 0.05) is 0 Å². The topological polar surface area (TPSA) is 105 Å². The number of aromatic carboxylic acids is 2. The van der Waals surface area contributed by atoms with Crippen LogP contribution in [0.2, 0.25) is 0 Å². The van der Waals surface area contributed by atoms with Crippen molar-refractivity contribution < 1.29 is 19.8 Å². The van der Waals surface area contributed by atoms with E-state index in [4.69, 9.17) is 5.11 Å². The molecule has 0 saturated carbocycles. The molecule has 0 aliphatic rings. The van der Waals surface area contributed by atoms with Gasteiger partial charge in [0.2, 0.25) is 0 Å². The molecule has 0 aliphatic carbocycles. The molecule has 2 aromatic carbocycles. The largest absolute Gasteiger partial charge is 0.478 e. The summed E-state index contributed by atoms with van der Waals surface area (Å²) in [6, 6.07) is 13.4. The van der Waals surface area contributed by atoms with E-state index in [2.05, 4.69) is 10.3 Å². The molecule has 0 aliphatic heterocycles. The molecule has 3 rings (SSSR count). The van der Waals surface area contributed by atoms with Crippen molar-refractivity contribution in [3.63, 3.8) is 0 Å². The minimum Gasteiger partial charge on any atom is -0.478 e. The molecule has 0 radical (unpaired) electrons. The average molecular weight is 309 g/mol. The Morgan fingerprint density at radius 1 is 0.913 bits per heavy atom. The summed E-state index contributed by atoms with van der Waals surface area (Å²) in [5.41, 5.74) is 1.97. The van der Waals surface area contributed by atoms with Gasteiger partial charge in [-0.2, -0.15) is 0 Å². The Bertz CT molecular complexity index is 884. The smallest absolute Gasteiger partial charge is 0.356 e. The highest BCUT2D eigenvalue weighted by molar-refractivity contribution is 5.96. The number of hydrogen-bond donors (Lipinski definition) is 2. The van der Waals surface area contributed by atoms with Crippen molar-refractivity contribution in [2.45, 2.75) is 0 Å². The van der Waals surface area contributed by atoms with Gasteiger partial charge in [-0.1, -0.05) is 35.5 Å². The fraction of sp³-hybridized carbons (Fsp3) is 0. The van der Waals surface area contributed by atoms with Crippen molar-refractivity contribution in [3.05, 3.63) is 66.0 Å². The SMILES string of the molecule is O=C(O)c1ccccc1-c1ccc(-n2nncc2C(=O)O)cc1. The first-order valence-corrected chi connectivity index (χ1v) is 6.65. The van der Waals surface area contributed by atoms with E-state index in [0.717, 1.165) is 6.20 Å². The third-order valence-corrected chi connectivity index (χ3v) is 3.35. The summed E-state index contributed by atoms with van der Waals surface area (Å²) < 4.78 is 1.20. The quantitative estimate of drug-likeness (QED) is 0.766. The van der Waals surface area contributed by atoms with Crippen molar-refractivity contribution in [2.24, 2.45) is 0 Å². The third-order valence-electron chi connectivity index (χ3n) is 3.35. The van der Waals surface area contributed by atoms with Crippen LogP contribution in [0.1, 0.15) is 20.8 Å². The molecule has 7 nitrogen and oxygen atoms in total. The lowest BCUT2D eigenvalue weighted by Crippen LogP contribution is -2.07. The van der Waals surface area contributed by atoms with E-state index >= 15 is 0 Å². The van der Waals surface area contributed by atoms with Crippen LogP contribution < -0.4 is 0 Å². The zero-order chi connectivity index (χ0) is 16.4. The van der Waals surface area contributed by atoms with Crippen molar-refractivity contribution in [3.8, 4) is 16.8 Å². The predicted molar refractivity (Wildman–Crippen MR) is 80.7 cm³/mol. The molecular formula is C16H11N3O4. The van der Waals surface area contributed by atoms with Crippen LogP contribution in [0.3, 0.4) is 0 Å². The zero-order valence-corrected chi connectivity index (χ0v) is 11.7. The number of hydrogen-bond acceptors (Lipinski definition) is 4. The molecular weight excluding hydrogens is 298 g/mol. The summed E-state index contributed by atoms with van der Waals surface area (Å²) in [6.07, 6.45) is 1.16. The minimum atomic E-state index is -1.13. The first kappa shape index (κ1) is 14.5. The Morgan fingerprint density at radius 3 is 2.26 bits per heavy atom. The lowest BCUT2D eigenvalue weighted by molar-refractivity contribution is 0.0680. The number of aromatic nitrogens is 3. The molecule has 0 spiro atoms. The molecule has 0 amide bonds. The van der Waals surface area contributed by atoms with Crippen LogP contribution in [0.4, 0.5) is 0 Å². The number of rotatable bonds is 4. The van der Waals surface area contributed by atoms with E-state index < -0.39 is 11.9 Å². The highest BCUT2D eigenvalue weighted by Crippen LogP contribution is 2.25. The second kappa shape index (κ2) is 5.72. The monoisotopic (exact) mass is 309 g/mol. The minimum absolute atomic E-state index is 0.0521. The average Bonchev–Trinajstić information content (AvgIpc) is 3.05. The maximum Gasteiger partial charge on any atom is 0.356 e. The molecule has 0 saturated heterocycles. The van der Waals surface area contributed by atoms with Gasteiger partial charge in [0.15, 0.2) is 5.69 Å². The summed E-state index contributed by atoms with van der Waals surface area (Å²) in [5.74, 6) is -2.13. The molecule has 0 bridgehead atoms. The summed E-state index contributed by atoms with van der Waals surface area (Å²) in [6.45, 7) is 0. The van der Waals surface area contributed by atoms with Crippen LogP contribution in [0.25, 0.3) is 16.8 Å². The molecule has 1 heterocycles. The zero-order valence-electron chi connectivity index (χ0n) is 11.7. The summed E-state index contributed by atoms with van der Waals surface area (Å²) in [5, 5.41) is 25.7. The lowest BCUT2D eigenvalue weighted by Gasteiger charge is -2.08. The summed E-state index contributed by atoms with van der Waals surface area (Å²) >= 11 is 0. The van der Waals surface area contributed by atoms with Gasteiger partial charge in [-0.15, -0.1) is 5.10 Å². The summed E-state index contributed by atoms with van der Waals surface area (Å²) in [4.78, 5) is 22.4. The second-order valence-electron chi connectivity index (χ2n) is 4.73. The number of nitrogens with zero attached hydrogens (tertiary/aromatic N) is 3. The highest BCUT2D eigenvalue weighted by atomic mass is 16.4. The van der Waals surface area contributed by atoms with Crippen molar-refractivity contribution in [1.82, 2.24) is 15.0 Å². The number of carboxylic acid groups (broad SMARTS) is 2. The van der Waals surface area contributed by atoms with E-state index in [-0.39, 0.29) is 11.3 Å². The Kier molecular flexibility index (Phi) is 3.60. The number of carboxylic acids is 2. The van der Waals surface area contributed by atoms with E-state index in [1.165, 1.54) is 10.7 Å². The molecule has 2 N–H and O–H groups in total. The van der Waals surface area contributed by atoms with Gasteiger partial charge in [-0.05, 0) is 29.3 Å². The van der Waals surface area contributed by atoms with Gasteiger partial charge < -0.3 is 10.2 Å². The Balaban J connectivity index is 2.02. The molecule has 0 atom stereocenters. The Hall–Kier alpha value is -3.48. The van der Waals surface area contributed by atoms with Gasteiger partial charge in [-0.25, -0.2) is 14.3 Å². The van der Waals surface area contributed by atoms with Gasteiger partial charge in [0.25, 0.3) is 0 Å². The van der Waals surface area contributed by atoms with Crippen LogP contribution in [0.5, 0.6) is 0 Å². The normalized spacial score (nSPS) is 10.4. The Labute approximate surface area is 130 Å². The van der Waals surface area contributed by atoms with Crippen LogP contribution in [-0.4, -0.2) is 37.1 Å². The standard InChI is InChI=1S/C16H11N3O4/c20-15(21)13-4-2-1-3-12(13)10-5-7-11(8-6-10)19-14(16(22)23)9-17-18-19/h1-9H,(H,20,21)(H,22,23). The second-order valence-corrected chi connectivity index (χ2v) is 4.73. The van der Waals surface area contributed by atoms with E-state index in [1.807, 2.05) is 0 Å². The van der Waals surface area contributed by atoms with Crippen LogP contribution in [0, 0.1) is 0 Å². The summed E-state index contributed by atoms with van der Waals surface area (Å²) in [7, 11) is 0. The molecule has 0 fully saturated rings. The fourth-order valence-electron chi connectivity index (χ4n) is 2.28. The maximum absolute atomic E-state index is 11.3. The third kappa shape index (κ3) is 2.67. The van der Waals surface area contributed by atoms with Crippen LogP contribution in [-0.2, 0) is 0 Å². The van der Waals surface area contributed by atoms with Crippen molar-refractivity contribution >= 4 is 11.9 Å². The lowest BCUT2D eigenvalue weighted by atomic mass is 9.99. The number of benzene rings is 2. The molecule has 23 heavy (non-hydrogen) atoms. The molecule has 1 aromatic heterocycles. The van der Waals surface area contributed by atoms with Gasteiger partial charge in [0.1, 0.15) is 0 Å². The first-order valence-electron chi connectivity index (χ1n) is 6.65. The Morgan fingerprint density at radius 2 is 1.61 bits per heavy atom. The highest BCUT2D eigenvalue weighted by Gasteiger charge is 2.14. The molecule has 7 heteroatoms. The van der Waals surface area contributed by atoms with Gasteiger partial charge in [-0.3, -0.25) is 0 Å².